The first-order chi connectivity index (χ1) is 13.2. The van der Waals surface area contributed by atoms with Crippen LogP contribution in [0.25, 0.3) is 11.5 Å². The molecule has 0 bridgehead atoms. The minimum Gasteiger partial charge on any atom is -0.418 e. The van der Waals surface area contributed by atoms with Gasteiger partial charge in [-0.25, -0.2) is 0 Å². The van der Waals surface area contributed by atoms with Crippen molar-refractivity contribution < 1.29 is 4.42 Å². The smallest absolute Gasteiger partial charge is 0.247 e. The third-order valence-electron chi connectivity index (χ3n) is 4.52. The van der Waals surface area contributed by atoms with Crippen LogP contribution in [0.15, 0.2) is 83.3 Å². The largest absolute Gasteiger partial charge is 0.418 e. The van der Waals surface area contributed by atoms with E-state index in [-0.39, 0.29) is 6.04 Å². The molecule has 0 aliphatic heterocycles. The molecule has 1 N–H and O–H groups in total. The Hall–Kier alpha value is -3.40. The average molecular weight is 355 g/mol. The van der Waals surface area contributed by atoms with E-state index in [4.69, 9.17) is 4.42 Å². The van der Waals surface area contributed by atoms with Crippen LogP contribution in [-0.2, 0) is 0 Å². The molecule has 4 rings (SSSR count). The molecule has 0 saturated carbocycles. The number of aryl methyl sites for hydroxylation is 2. The number of aromatic nitrogens is 2. The van der Waals surface area contributed by atoms with Crippen molar-refractivity contribution in [2.45, 2.75) is 19.9 Å². The van der Waals surface area contributed by atoms with Crippen LogP contribution >= 0.6 is 0 Å². The monoisotopic (exact) mass is 355 g/mol. The molecule has 0 spiro atoms. The SMILES string of the molecule is Cc1ccc(N[C@H](c2ccccc2)c2nnc(-c3ccccc3)o2)c(C)c1. The van der Waals surface area contributed by atoms with Crippen LogP contribution in [0.5, 0.6) is 0 Å². The molecule has 0 amide bonds. The second kappa shape index (κ2) is 7.46. The molecule has 1 atom stereocenters. The first-order valence-corrected chi connectivity index (χ1v) is 8.98. The molecule has 0 aliphatic rings. The molecule has 0 unspecified atom stereocenters. The molecular weight excluding hydrogens is 334 g/mol. The van der Waals surface area contributed by atoms with Crippen molar-refractivity contribution in [3.63, 3.8) is 0 Å². The number of nitrogens with zero attached hydrogens (tertiary/aromatic N) is 2. The Labute approximate surface area is 158 Å². The number of benzene rings is 3. The molecule has 134 valence electrons. The quantitative estimate of drug-likeness (QED) is 0.509. The van der Waals surface area contributed by atoms with Crippen molar-refractivity contribution in [1.29, 1.82) is 0 Å². The number of hydrogen-bond donors (Lipinski definition) is 1. The van der Waals surface area contributed by atoms with Crippen LogP contribution in [0, 0.1) is 13.8 Å². The van der Waals surface area contributed by atoms with E-state index in [0.717, 1.165) is 16.8 Å². The first kappa shape index (κ1) is 17.0. The Morgan fingerprint density at radius 1 is 0.815 bits per heavy atom. The van der Waals surface area contributed by atoms with E-state index in [1.165, 1.54) is 11.1 Å². The Bertz CT molecular complexity index is 1030. The van der Waals surface area contributed by atoms with Crippen molar-refractivity contribution in [2.75, 3.05) is 5.32 Å². The Morgan fingerprint density at radius 2 is 1.52 bits per heavy atom. The summed E-state index contributed by atoms with van der Waals surface area (Å²) in [4.78, 5) is 0. The molecule has 0 aliphatic carbocycles. The zero-order valence-electron chi connectivity index (χ0n) is 15.4. The Kier molecular flexibility index (Phi) is 4.71. The summed E-state index contributed by atoms with van der Waals surface area (Å²) in [7, 11) is 0. The molecule has 1 heterocycles. The van der Waals surface area contributed by atoms with Gasteiger partial charge in [0.1, 0.15) is 6.04 Å². The maximum atomic E-state index is 6.04. The van der Waals surface area contributed by atoms with Gasteiger partial charge in [0.2, 0.25) is 11.8 Å². The van der Waals surface area contributed by atoms with Gasteiger partial charge in [0.05, 0.1) is 0 Å². The van der Waals surface area contributed by atoms with Gasteiger partial charge in [0, 0.05) is 11.3 Å². The van der Waals surface area contributed by atoms with Crippen molar-refractivity contribution in [1.82, 2.24) is 10.2 Å². The molecule has 0 fully saturated rings. The fourth-order valence-electron chi connectivity index (χ4n) is 3.11. The highest BCUT2D eigenvalue weighted by molar-refractivity contribution is 5.55. The number of anilines is 1. The van der Waals surface area contributed by atoms with Crippen molar-refractivity contribution in [3.05, 3.63) is 101 Å². The Balaban J connectivity index is 1.72. The van der Waals surface area contributed by atoms with Crippen molar-refractivity contribution >= 4 is 5.69 Å². The van der Waals surface area contributed by atoms with Crippen molar-refractivity contribution in [2.24, 2.45) is 0 Å². The van der Waals surface area contributed by atoms with E-state index in [1.807, 2.05) is 48.5 Å². The molecule has 4 aromatic rings. The minimum absolute atomic E-state index is 0.224. The first-order valence-electron chi connectivity index (χ1n) is 8.98. The molecular formula is C23H21N3O. The molecule has 0 radical (unpaired) electrons. The van der Waals surface area contributed by atoms with E-state index in [9.17, 15) is 0 Å². The summed E-state index contributed by atoms with van der Waals surface area (Å²) >= 11 is 0. The van der Waals surface area contributed by atoms with E-state index in [0.29, 0.717) is 11.8 Å². The molecule has 1 aromatic heterocycles. The zero-order chi connectivity index (χ0) is 18.6. The lowest BCUT2D eigenvalue weighted by Gasteiger charge is -2.19. The highest BCUT2D eigenvalue weighted by Crippen LogP contribution is 2.29. The predicted molar refractivity (Wildman–Crippen MR) is 108 cm³/mol. The van der Waals surface area contributed by atoms with Crippen LogP contribution < -0.4 is 5.32 Å². The zero-order valence-corrected chi connectivity index (χ0v) is 15.4. The number of nitrogens with one attached hydrogen (secondary N) is 1. The predicted octanol–water partition coefficient (Wildman–Crippen LogP) is 5.55. The molecule has 4 heteroatoms. The fraction of sp³-hybridized carbons (Fsp3) is 0.130. The number of rotatable bonds is 5. The van der Waals surface area contributed by atoms with Gasteiger partial charge in [0.15, 0.2) is 0 Å². The van der Waals surface area contributed by atoms with Gasteiger partial charge in [-0.05, 0) is 43.2 Å². The summed E-state index contributed by atoms with van der Waals surface area (Å²) in [6, 6.07) is 26.1. The lowest BCUT2D eigenvalue weighted by Crippen LogP contribution is -2.13. The summed E-state index contributed by atoms with van der Waals surface area (Å²) in [6.45, 7) is 4.19. The van der Waals surface area contributed by atoms with E-state index in [2.05, 4.69) is 59.7 Å². The lowest BCUT2D eigenvalue weighted by molar-refractivity contribution is 0.494. The third-order valence-corrected chi connectivity index (χ3v) is 4.52. The third kappa shape index (κ3) is 3.75. The highest BCUT2D eigenvalue weighted by atomic mass is 16.4. The van der Waals surface area contributed by atoms with Crippen LogP contribution in [0.1, 0.15) is 28.6 Å². The second-order valence-corrected chi connectivity index (χ2v) is 6.62. The van der Waals surface area contributed by atoms with Crippen LogP contribution in [0.2, 0.25) is 0 Å². The highest BCUT2D eigenvalue weighted by Gasteiger charge is 2.22. The fourth-order valence-corrected chi connectivity index (χ4v) is 3.11. The van der Waals surface area contributed by atoms with Crippen LogP contribution in [0.3, 0.4) is 0 Å². The van der Waals surface area contributed by atoms with Crippen LogP contribution in [-0.4, -0.2) is 10.2 Å². The summed E-state index contributed by atoms with van der Waals surface area (Å²) in [5.74, 6) is 1.06. The molecule has 27 heavy (non-hydrogen) atoms. The average Bonchev–Trinajstić information content (AvgIpc) is 3.19. The molecule has 3 aromatic carbocycles. The molecule has 4 nitrogen and oxygen atoms in total. The standard InChI is InChI=1S/C23H21N3O/c1-16-13-14-20(17(2)15-16)24-21(18-9-5-3-6-10-18)23-26-25-22(27-23)19-11-7-4-8-12-19/h3-15,21,24H,1-2H3/t21-/m1/s1. The molecule has 0 saturated heterocycles. The van der Waals surface area contributed by atoms with Crippen LogP contribution in [0.4, 0.5) is 5.69 Å². The van der Waals surface area contributed by atoms with Gasteiger partial charge in [-0.15, -0.1) is 10.2 Å². The minimum atomic E-state index is -0.224. The Morgan fingerprint density at radius 3 is 2.22 bits per heavy atom. The maximum absolute atomic E-state index is 6.04. The van der Waals surface area contributed by atoms with E-state index >= 15 is 0 Å². The normalized spacial score (nSPS) is 11.9. The summed E-state index contributed by atoms with van der Waals surface area (Å²) in [6.07, 6.45) is 0. The number of hydrogen-bond acceptors (Lipinski definition) is 4. The maximum Gasteiger partial charge on any atom is 0.247 e. The lowest BCUT2D eigenvalue weighted by atomic mass is 10.0. The van der Waals surface area contributed by atoms with Gasteiger partial charge in [-0.2, -0.15) is 0 Å². The summed E-state index contributed by atoms with van der Waals surface area (Å²) in [5, 5.41) is 12.2. The summed E-state index contributed by atoms with van der Waals surface area (Å²) < 4.78 is 6.04. The van der Waals surface area contributed by atoms with Crippen molar-refractivity contribution in [3.8, 4) is 11.5 Å². The van der Waals surface area contributed by atoms with Gasteiger partial charge >= 0.3 is 0 Å². The van der Waals surface area contributed by atoms with Gasteiger partial charge in [-0.3, -0.25) is 0 Å². The van der Waals surface area contributed by atoms with Gasteiger partial charge in [-0.1, -0.05) is 66.2 Å². The van der Waals surface area contributed by atoms with Gasteiger partial charge < -0.3 is 9.73 Å². The van der Waals surface area contributed by atoms with E-state index < -0.39 is 0 Å². The topological polar surface area (TPSA) is 51.0 Å². The van der Waals surface area contributed by atoms with E-state index in [1.54, 1.807) is 0 Å². The van der Waals surface area contributed by atoms with Gasteiger partial charge in [0.25, 0.3) is 0 Å². The summed E-state index contributed by atoms with van der Waals surface area (Å²) in [5.41, 5.74) is 5.45. The second-order valence-electron chi connectivity index (χ2n) is 6.62.